The standard InChI is InChI=1S/C24H24N2O3S/c1-17-3-7-19(8-4-17)16-25-24(27)21-9-12-23-20(15-21)13-14-26(23)30(28,29)22-10-5-18(2)6-11-22/h3-12,15H,13-14,16H2,1-2H3,(H,25,27). The van der Waals surface area contributed by atoms with Gasteiger partial charge in [-0.2, -0.15) is 0 Å². The first-order valence-corrected chi connectivity index (χ1v) is 11.3. The first kappa shape index (κ1) is 20.2. The summed E-state index contributed by atoms with van der Waals surface area (Å²) < 4.78 is 27.5. The lowest BCUT2D eigenvalue weighted by Gasteiger charge is -2.20. The maximum atomic E-state index is 13.1. The fourth-order valence-electron chi connectivity index (χ4n) is 3.59. The Kier molecular flexibility index (Phi) is 5.35. The van der Waals surface area contributed by atoms with E-state index in [2.05, 4.69) is 5.32 Å². The van der Waals surface area contributed by atoms with Gasteiger partial charge in [0.25, 0.3) is 15.9 Å². The average molecular weight is 421 g/mol. The summed E-state index contributed by atoms with van der Waals surface area (Å²) in [5.74, 6) is -0.168. The number of hydrogen-bond acceptors (Lipinski definition) is 3. The van der Waals surface area contributed by atoms with E-state index >= 15 is 0 Å². The third kappa shape index (κ3) is 3.96. The van der Waals surface area contributed by atoms with Crippen LogP contribution < -0.4 is 9.62 Å². The van der Waals surface area contributed by atoms with E-state index in [0.29, 0.717) is 30.8 Å². The van der Waals surface area contributed by atoms with E-state index < -0.39 is 10.0 Å². The molecule has 0 spiro atoms. The highest BCUT2D eigenvalue weighted by molar-refractivity contribution is 7.92. The summed E-state index contributed by atoms with van der Waals surface area (Å²) in [4.78, 5) is 12.9. The van der Waals surface area contributed by atoms with Gasteiger partial charge in [0.2, 0.25) is 0 Å². The average Bonchev–Trinajstić information content (AvgIpc) is 3.17. The van der Waals surface area contributed by atoms with Gasteiger partial charge in [0, 0.05) is 18.7 Å². The number of nitrogens with one attached hydrogen (secondary N) is 1. The summed E-state index contributed by atoms with van der Waals surface area (Å²) in [5, 5.41) is 2.93. The van der Waals surface area contributed by atoms with E-state index in [0.717, 1.165) is 16.7 Å². The minimum atomic E-state index is -3.62. The van der Waals surface area contributed by atoms with Gasteiger partial charge < -0.3 is 5.32 Å². The van der Waals surface area contributed by atoms with Gasteiger partial charge in [0.15, 0.2) is 0 Å². The predicted molar refractivity (Wildman–Crippen MR) is 118 cm³/mol. The van der Waals surface area contributed by atoms with Crippen LogP contribution in [0.1, 0.15) is 32.6 Å². The number of rotatable bonds is 5. The zero-order valence-corrected chi connectivity index (χ0v) is 17.9. The largest absolute Gasteiger partial charge is 0.348 e. The molecule has 0 aromatic heterocycles. The highest BCUT2D eigenvalue weighted by Gasteiger charge is 2.31. The second kappa shape index (κ2) is 7.95. The quantitative estimate of drug-likeness (QED) is 0.679. The van der Waals surface area contributed by atoms with Gasteiger partial charge in [-0.15, -0.1) is 0 Å². The van der Waals surface area contributed by atoms with Crippen molar-refractivity contribution in [3.63, 3.8) is 0 Å². The summed E-state index contributed by atoms with van der Waals surface area (Å²) >= 11 is 0. The molecule has 0 radical (unpaired) electrons. The van der Waals surface area contributed by atoms with Crippen molar-refractivity contribution in [2.45, 2.75) is 31.7 Å². The molecule has 0 fully saturated rings. The highest BCUT2D eigenvalue weighted by Crippen LogP contribution is 2.33. The van der Waals surface area contributed by atoms with Crippen molar-refractivity contribution in [3.8, 4) is 0 Å². The van der Waals surface area contributed by atoms with Gasteiger partial charge in [-0.25, -0.2) is 8.42 Å². The molecule has 3 aromatic carbocycles. The molecule has 1 aliphatic rings. The zero-order chi connectivity index (χ0) is 21.3. The van der Waals surface area contributed by atoms with Crippen LogP contribution in [0, 0.1) is 13.8 Å². The SMILES string of the molecule is Cc1ccc(CNC(=O)c2ccc3c(c2)CCN3S(=O)(=O)c2ccc(C)cc2)cc1. The van der Waals surface area contributed by atoms with Crippen LogP contribution in [0.15, 0.2) is 71.6 Å². The molecule has 1 amide bonds. The zero-order valence-electron chi connectivity index (χ0n) is 17.1. The lowest BCUT2D eigenvalue weighted by Crippen LogP contribution is -2.29. The monoisotopic (exact) mass is 420 g/mol. The molecule has 1 aliphatic heterocycles. The number of nitrogens with zero attached hydrogens (tertiary/aromatic N) is 1. The minimum Gasteiger partial charge on any atom is -0.348 e. The summed E-state index contributed by atoms with van der Waals surface area (Å²) in [5.41, 5.74) is 5.27. The Hall–Kier alpha value is -3.12. The number of sulfonamides is 1. The molecular formula is C24H24N2O3S. The summed E-state index contributed by atoms with van der Waals surface area (Å²) in [6.07, 6.45) is 0.583. The first-order valence-electron chi connectivity index (χ1n) is 9.91. The number of carbonyl (C=O) groups is 1. The number of benzene rings is 3. The molecule has 6 heteroatoms. The van der Waals surface area contributed by atoms with Gasteiger partial charge in [-0.05, 0) is 61.7 Å². The van der Waals surface area contributed by atoms with Crippen molar-refractivity contribution in [2.75, 3.05) is 10.8 Å². The molecule has 0 saturated carbocycles. The van der Waals surface area contributed by atoms with Crippen LogP contribution >= 0.6 is 0 Å². The Balaban J connectivity index is 1.51. The van der Waals surface area contributed by atoms with Crippen LogP contribution in [0.3, 0.4) is 0 Å². The Bertz CT molecular complexity index is 1180. The summed E-state index contributed by atoms with van der Waals surface area (Å²) in [6.45, 7) is 4.77. The van der Waals surface area contributed by atoms with Crippen LogP contribution in [0.25, 0.3) is 0 Å². The molecule has 1 N–H and O–H groups in total. The third-order valence-electron chi connectivity index (χ3n) is 5.38. The lowest BCUT2D eigenvalue weighted by molar-refractivity contribution is 0.0951. The highest BCUT2D eigenvalue weighted by atomic mass is 32.2. The van der Waals surface area contributed by atoms with E-state index in [9.17, 15) is 13.2 Å². The van der Waals surface area contributed by atoms with Crippen molar-refractivity contribution in [1.29, 1.82) is 0 Å². The van der Waals surface area contributed by atoms with Crippen molar-refractivity contribution in [1.82, 2.24) is 5.32 Å². The van der Waals surface area contributed by atoms with E-state index in [1.807, 2.05) is 38.1 Å². The molecule has 4 rings (SSSR count). The van der Waals surface area contributed by atoms with Crippen LogP contribution in [0.5, 0.6) is 0 Å². The minimum absolute atomic E-state index is 0.168. The number of amides is 1. The Morgan fingerprint density at radius 1 is 0.933 bits per heavy atom. The van der Waals surface area contributed by atoms with Crippen LogP contribution in [0.2, 0.25) is 0 Å². The number of hydrogen-bond donors (Lipinski definition) is 1. The van der Waals surface area contributed by atoms with Gasteiger partial charge in [-0.3, -0.25) is 9.10 Å². The molecule has 30 heavy (non-hydrogen) atoms. The van der Waals surface area contributed by atoms with Crippen molar-refractivity contribution in [2.24, 2.45) is 0 Å². The number of fused-ring (bicyclic) bond motifs is 1. The van der Waals surface area contributed by atoms with Crippen molar-refractivity contribution >= 4 is 21.6 Å². The van der Waals surface area contributed by atoms with E-state index in [1.165, 1.54) is 9.87 Å². The van der Waals surface area contributed by atoms with E-state index in [4.69, 9.17) is 0 Å². The Morgan fingerprint density at radius 3 is 2.23 bits per heavy atom. The molecule has 3 aromatic rings. The number of carbonyl (C=O) groups excluding carboxylic acids is 1. The first-order chi connectivity index (χ1) is 14.3. The predicted octanol–water partition coefficient (Wildman–Crippen LogP) is 3.98. The van der Waals surface area contributed by atoms with Gasteiger partial charge in [-0.1, -0.05) is 47.5 Å². The van der Waals surface area contributed by atoms with Crippen molar-refractivity contribution in [3.05, 3.63) is 94.5 Å². The van der Waals surface area contributed by atoms with Crippen LogP contribution in [-0.2, 0) is 23.0 Å². The third-order valence-corrected chi connectivity index (χ3v) is 7.20. The summed E-state index contributed by atoms with van der Waals surface area (Å²) in [7, 11) is -3.62. The fourth-order valence-corrected chi connectivity index (χ4v) is 5.09. The lowest BCUT2D eigenvalue weighted by atomic mass is 10.1. The van der Waals surface area contributed by atoms with E-state index in [-0.39, 0.29) is 10.8 Å². The Morgan fingerprint density at radius 2 is 1.57 bits per heavy atom. The van der Waals surface area contributed by atoms with Crippen LogP contribution in [-0.4, -0.2) is 20.9 Å². The molecule has 0 saturated heterocycles. The Labute approximate surface area is 177 Å². The molecule has 5 nitrogen and oxygen atoms in total. The van der Waals surface area contributed by atoms with Gasteiger partial charge in [0.05, 0.1) is 10.6 Å². The van der Waals surface area contributed by atoms with Gasteiger partial charge in [0.1, 0.15) is 0 Å². The molecule has 0 atom stereocenters. The maximum Gasteiger partial charge on any atom is 0.264 e. The topological polar surface area (TPSA) is 66.5 Å². The molecule has 1 heterocycles. The maximum absolute atomic E-state index is 13.1. The van der Waals surface area contributed by atoms with Crippen molar-refractivity contribution < 1.29 is 13.2 Å². The second-order valence-electron chi connectivity index (χ2n) is 7.65. The number of anilines is 1. The second-order valence-corrected chi connectivity index (χ2v) is 9.51. The molecule has 0 unspecified atom stereocenters. The summed E-state index contributed by atoms with van der Waals surface area (Å²) in [6, 6.07) is 20.1. The van der Waals surface area contributed by atoms with Crippen LogP contribution in [0.4, 0.5) is 5.69 Å². The van der Waals surface area contributed by atoms with Gasteiger partial charge >= 0.3 is 0 Å². The number of aryl methyl sites for hydroxylation is 2. The smallest absolute Gasteiger partial charge is 0.264 e. The van der Waals surface area contributed by atoms with E-state index in [1.54, 1.807) is 42.5 Å². The molecule has 0 bridgehead atoms. The normalized spacial score (nSPS) is 13.2. The fraction of sp³-hybridized carbons (Fsp3) is 0.208. The molecule has 0 aliphatic carbocycles. The molecular weight excluding hydrogens is 396 g/mol. The molecule has 154 valence electrons.